The third-order valence-electron chi connectivity index (χ3n) is 3.27. The lowest BCUT2D eigenvalue weighted by molar-refractivity contribution is 0.0567. The van der Waals surface area contributed by atoms with E-state index < -0.39 is 5.60 Å². The quantitative estimate of drug-likeness (QED) is 0.890. The van der Waals surface area contributed by atoms with Gasteiger partial charge < -0.3 is 5.11 Å². The topological polar surface area (TPSA) is 20.2 Å². The average Bonchev–Trinajstić information content (AvgIpc) is 2.34. The minimum Gasteiger partial charge on any atom is -0.385 e. The number of hydrogen-bond acceptors (Lipinski definition) is 1. The summed E-state index contributed by atoms with van der Waals surface area (Å²) in [6, 6.07) is 12.2. The average molecular weight is 323 g/mol. The second-order valence-electron chi connectivity index (χ2n) is 5.00. The van der Waals surface area contributed by atoms with Gasteiger partial charge in [0.1, 0.15) is 5.82 Å². The Morgan fingerprint density at radius 3 is 2.58 bits per heavy atom. The predicted molar refractivity (Wildman–Crippen MR) is 78.6 cm³/mol. The molecule has 1 nitrogen and oxygen atoms in total. The van der Waals surface area contributed by atoms with E-state index in [1.807, 2.05) is 31.2 Å². The summed E-state index contributed by atoms with van der Waals surface area (Å²) in [7, 11) is 0. The lowest BCUT2D eigenvalue weighted by Crippen LogP contribution is -2.25. The van der Waals surface area contributed by atoms with E-state index in [1.165, 1.54) is 12.1 Å². The monoisotopic (exact) mass is 322 g/mol. The lowest BCUT2D eigenvalue weighted by atomic mass is 9.86. The standard InChI is InChI=1S/C16H16BrFO/c1-11-5-3-4-6-14(11)16(2,19)10-12-9-13(18)7-8-15(12)17/h3-9,19H,10H2,1-2H3. The lowest BCUT2D eigenvalue weighted by Gasteiger charge is -2.26. The first kappa shape index (κ1) is 14.2. The van der Waals surface area contributed by atoms with Gasteiger partial charge in [-0.1, -0.05) is 40.2 Å². The summed E-state index contributed by atoms with van der Waals surface area (Å²) >= 11 is 3.40. The first-order valence-electron chi connectivity index (χ1n) is 6.12. The molecule has 0 aliphatic heterocycles. The van der Waals surface area contributed by atoms with Crippen molar-refractivity contribution in [3.63, 3.8) is 0 Å². The Balaban J connectivity index is 2.36. The van der Waals surface area contributed by atoms with Crippen LogP contribution in [0.1, 0.15) is 23.6 Å². The zero-order valence-corrected chi connectivity index (χ0v) is 12.5. The Morgan fingerprint density at radius 1 is 1.21 bits per heavy atom. The smallest absolute Gasteiger partial charge is 0.123 e. The van der Waals surface area contributed by atoms with Crippen LogP contribution < -0.4 is 0 Å². The molecule has 3 heteroatoms. The molecule has 1 unspecified atom stereocenters. The number of aryl methyl sites for hydroxylation is 1. The number of rotatable bonds is 3. The molecule has 2 aromatic rings. The van der Waals surface area contributed by atoms with Gasteiger partial charge in [0.15, 0.2) is 0 Å². The largest absolute Gasteiger partial charge is 0.385 e. The van der Waals surface area contributed by atoms with Gasteiger partial charge >= 0.3 is 0 Å². The summed E-state index contributed by atoms with van der Waals surface area (Å²) < 4.78 is 14.1. The van der Waals surface area contributed by atoms with Crippen molar-refractivity contribution in [2.45, 2.75) is 25.9 Å². The van der Waals surface area contributed by atoms with Crippen LogP contribution in [-0.2, 0) is 12.0 Å². The molecule has 0 radical (unpaired) electrons. The Labute approximate surface area is 121 Å². The van der Waals surface area contributed by atoms with E-state index in [0.29, 0.717) is 6.42 Å². The number of aliphatic hydroxyl groups is 1. The normalized spacial score (nSPS) is 14.2. The van der Waals surface area contributed by atoms with Gasteiger partial charge in [-0.15, -0.1) is 0 Å². The van der Waals surface area contributed by atoms with Crippen molar-refractivity contribution in [2.75, 3.05) is 0 Å². The third-order valence-corrected chi connectivity index (χ3v) is 4.04. The molecule has 1 N–H and O–H groups in total. The van der Waals surface area contributed by atoms with Crippen LogP contribution in [0.4, 0.5) is 4.39 Å². The molecule has 0 amide bonds. The Bertz CT molecular complexity index is 593. The zero-order chi connectivity index (χ0) is 14.0. The molecule has 0 aromatic heterocycles. The Kier molecular flexibility index (Phi) is 4.07. The summed E-state index contributed by atoms with van der Waals surface area (Å²) in [5, 5.41) is 10.7. The van der Waals surface area contributed by atoms with Gasteiger partial charge in [-0.2, -0.15) is 0 Å². The molecule has 0 aliphatic rings. The van der Waals surface area contributed by atoms with E-state index in [9.17, 15) is 9.50 Å². The second kappa shape index (κ2) is 5.43. The maximum atomic E-state index is 13.3. The summed E-state index contributed by atoms with van der Waals surface area (Å²) in [5.74, 6) is -0.293. The van der Waals surface area contributed by atoms with Crippen molar-refractivity contribution >= 4 is 15.9 Å². The summed E-state index contributed by atoms with van der Waals surface area (Å²) in [4.78, 5) is 0. The fourth-order valence-electron chi connectivity index (χ4n) is 2.32. The van der Waals surface area contributed by atoms with Crippen LogP contribution in [0, 0.1) is 12.7 Å². The molecule has 2 aromatic carbocycles. The second-order valence-corrected chi connectivity index (χ2v) is 5.86. The first-order chi connectivity index (χ1) is 8.90. The van der Waals surface area contributed by atoms with Crippen LogP contribution in [0.3, 0.4) is 0 Å². The van der Waals surface area contributed by atoms with Crippen LogP contribution in [0.5, 0.6) is 0 Å². The van der Waals surface area contributed by atoms with Crippen molar-refractivity contribution in [3.8, 4) is 0 Å². The van der Waals surface area contributed by atoms with E-state index in [-0.39, 0.29) is 5.82 Å². The van der Waals surface area contributed by atoms with Crippen molar-refractivity contribution in [2.24, 2.45) is 0 Å². The highest BCUT2D eigenvalue weighted by molar-refractivity contribution is 9.10. The molecule has 1 atom stereocenters. The highest BCUT2D eigenvalue weighted by Crippen LogP contribution is 2.30. The van der Waals surface area contributed by atoms with E-state index in [0.717, 1.165) is 21.2 Å². The first-order valence-corrected chi connectivity index (χ1v) is 6.92. The van der Waals surface area contributed by atoms with Crippen LogP contribution in [0.2, 0.25) is 0 Å². The summed E-state index contributed by atoms with van der Waals surface area (Å²) in [6.07, 6.45) is 0.357. The fraction of sp³-hybridized carbons (Fsp3) is 0.250. The molecular formula is C16H16BrFO. The van der Waals surface area contributed by atoms with Gasteiger partial charge in [-0.25, -0.2) is 4.39 Å². The maximum absolute atomic E-state index is 13.3. The maximum Gasteiger partial charge on any atom is 0.123 e. The van der Waals surface area contributed by atoms with Crippen molar-refractivity contribution < 1.29 is 9.50 Å². The van der Waals surface area contributed by atoms with Crippen LogP contribution in [0.25, 0.3) is 0 Å². The molecular weight excluding hydrogens is 307 g/mol. The van der Waals surface area contributed by atoms with Crippen LogP contribution >= 0.6 is 15.9 Å². The minimum absolute atomic E-state index is 0.293. The predicted octanol–water partition coefficient (Wildman–Crippen LogP) is 4.35. The Morgan fingerprint density at radius 2 is 1.89 bits per heavy atom. The zero-order valence-electron chi connectivity index (χ0n) is 11.0. The minimum atomic E-state index is -1.03. The summed E-state index contributed by atoms with van der Waals surface area (Å²) in [6.45, 7) is 3.72. The molecule has 2 rings (SSSR count). The molecule has 0 aliphatic carbocycles. The van der Waals surface area contributed by atoms with Gasteiger partial charge in [-0.05, 0) is 48.7 Å². The van der Waals surface area contributed by atoms with E-state index in [2.05, 4.69) is 15.9 Å². The van der Waals surface area contributed by atoms with Gasteiger partial charge in [0.2, 0.25) is 0 Å². The van der Waals surface area contributed by atoms with E-state index >= 15 is 0 Å². The molecule has 100 valence electrons. The van der Waals surface area contributed by atoms with Crippen LogP contribution in [-0.4, -0.2) is 5.11 Å². The highest BCUT2D eigenvalue weighted by atomic mass is 79.9. The third kappa shape index (κ3) is 3.23. The molecule has 0 bridgehead atoms. The number of benzene rings is 2. The molecule has 0 saturated heterocycles. The summed E-state index contributed by atoms with van der Waals surface area (Å²) in [5.41, 5.74) is 1.63. The molecule has 19 heavy (non-hydrogen) atoms. The van der Waals surface area contributed by atoms with E-state index in [1.54, 1.807) is 13.0 Å². The fourth-order valence-corrected chi connectivity index (χ4v) is 2.71. The number of hydrogen-bond donors (Lipinski definition) is 1. The van der Waals surface area contributed by atoms with Gasteiger partial charge in [0.25, 0.3) is 0 Å². The SMILES string of the molecule is Cc1ccccc1C(C)(O)Cc1cc(F)ccc1Br. The van der Waals surface area contributed by atoms with Crippen molar-refractivity contribution in [1.82, 2.24) is 0 Å². The van der Waals surface area contributed by atoms with Gasteiger partial charge in [-0.3, -0.25) is 0 Å². The Hall–Kier alpha value is -1.19. The van der Waals surface area contributed by atoms with Crippen molar-refractivity contribution in [3.05, 3.63) is 69.4 Å². The molecule has 0 spiro atoms. The molecule has 0 heterocycles. The van der Waals surface area contributed by atoms with E-state index in [4.69, 9.17) is 0 Å². The van der Waals surface area contributed by atoms with Crippen LogP contribution in [0.15, 0.2) is 46.9 Å². The molecule has 0 fully saturated rings. The number of halogens is 2. The highest BCUT2D eigenvalue weighted by Gasteiger charge is 2.26. The van der Waals surface area contributed by atoms with Gasteiger partial charge in [0, 0.05) is 10.9 Å². The van der Waals surface area contributed by atoms with Crippen molar-refractivity contribution in [1.29, 1.82) is 0 Å². The molecule has 0 saturated carbocycles. The van der Waals surface area contributed by atoms with Gasteiger partial charge in [0.05, 0.1) is 5.60 Å².